The lowest BCUT2D eigenvalue weighted by Crippen LogP contribution is -1.99. The Morgan fingerprint density at radius 2 is 1.88 bits per heavy atom. The number of benzene rings is 1. The van der Waals surface area contributed by atoms with E-state index in [1.165, 1.54) is 0 Å². The van der Waals surface area contributed by atoms with E-state index in [1.807, 2.05) is 12.1 Å². The number of methoxy groups -OCH3 is 2. The average molecular weight is 286 g/mol. The lowest BCUT2D eigenvalue weighted by Gasteiger charge is -2.12. The van der Waals surface area contributed by atoms with Crippen molar-refractivity contribution >= 4 is 15.9 Å². The molecule has 0 aliphatic carbocycles. The minimum atomic E-state index is 0.380. The van der Waals surface area contributed by atoms with Gasteiger partial charge in [0.15, 0.2) is 0 Å². The molecule has 6 heteroatoms. The second kappa shape index (κ2) is 6.25. The van der Waals surface area contributed by atoms with Crippen LogP contribution in [0.2, 0.25) is 0 Å². The average Bonchev–Trinajstić information content (AvgIpc) is 2.30. The first-order valence-electron chi connectivity index (χ1n) is 4.64. The summed E-state index contributed by atoms with van der Waals surface area (Å²) in [5.41, 5.74) is 9.13. The van der Waals surface area contributed by atoms with Crippen LogP contribution in [0, 0.1) is 0 Å². The summed E-state index contributed by atoms with van der Waals surface area (Å²) >= 11 is 3.37. The fourth-order valence-electron chi connectivity index (χ4n) is 1.40. The van der Waals surface area contributed by atoms with Crippen LogP contribution < -0.4 is 9.47 Å². The predicted molar refractivity (Wildman–Crippen MR) is 65.0 cm³/mol. The van der Waals surface area contributed by atoms with Gasteiger partial charge in [0.1, 0.15) is 11.5 Å². The van der Waals surface area contributed by atoms with Crippen LogP contribution in [0.15, 0.2) is 21.7 Å². The molecule has 16 heavy (non-hydrogen) atoms. The third-order valence-corrected chi connectivity index (χ3v) is 2.56. The molecular weight excluding hydrogens is 274 g/mol. The molecule has 0 saturated heterocycles. The third kappa shape index (κ3) is 3.05. The molecule has 1 aromatic carbocycles. The topological polar surface area (TPSA) is 67.2 Å². The van der Waals surface area contributed by atoms with E-state index in [-0.39, 0.29) is 0 Å². The molecule has 0 N–H and O–H groups in total. The van der Waals surface area contributed by atoms with E-state index in [0.29, 0.717) is 13.0 Å². The molecule has 0 saturated carbocycles. The Balaban J connectivity index is 3.06. The number of rotatable bonds is 5. The Bertz CT molecular complexity index is 392. The SMILES string of the molecule is COc1cc(Br)cc(OC)c1CCN=[N+]=[N-]. The zero-order chi connectivity index (χ0) is 12.0. The van der Waals surface area contributed by atoms with Gasteiger partial charge in [-0.2, -0.15) is 0 Å². The van der Waals surface area contributed by atoms with E-state index >= 15 is 0 Å². The summed E-state index contributed by atoms with van der Waals surface area (Å²) < 4.78 is 11.4. The van der Waals surface area contributed by atoms with E-state index < -0.39 is 0 Å². The molecule has 0 atom stereocenters. The highest BCUT2D eigenvalue weighted by Gasteiger charge is 2.10. The number of azide groups is 1. The maximum Gasteiger partial charge on any atom is 0.126 e. The van der Waals surface area contributed by atoms with Crippen LogP contribution in [-0.2, 0) is 6.42 Å². The summed E-state index contributed by atoms with van der Waals surface area (Å²) in [7, 11) is 3.19. The van der Waals surface area contributed by atoms with Crippen molar-refractivity contribution in [2.45, 2.75) is 6.42 Å². The van der Waals surface area contributed by atoms with Gasteiger partial charge in [0, 0.05) is 21.5 Å². The summed E-state index contributed by atoms with van der Waals surface area (Å²) in [6.07, 6.45) is 0.587. The highest BCUT2D eigenvalue weighted by Crippen LogP contribution is 2.33. The second-order valence-corrected chi connectivity index (χ2v) is 3.91. The van der Waals surface area contributed by atoms with Crippen LogP contribution in [-0.4, -0.2) is 20.8 Å². The van der Waals surface area contributed by atoms with Gasteiger partial charge < -0.3 is 9.47 Å². The Labute approximate surface area is 102 Å². The fraction of sp³-hybridized carbons (Fsp3) is 0.400. The molecule has 1 aromatic rings. The van der Waals surface area contributed by atoms with Crippen molar-refractivity contribution in [1.82, 2.24) is 0 Å². The Morgan fingerprint density at radius 3 is 2.31 bits per heavy atom. The van der Waals surface area contributed by atoms with Crippen LogP contribution in [0.25, 0.3) is 10.4 Å². The highest BCUT2D eigenvalue weighted by atomic mass is 79.9. The fourth-order valence-corrected chi connectivity index (χ4v) is 1.82. The third-order valence-electron chi connectivity index (χ3n) is 2.10. The molecule has 0 heterocycles. The first-order valence-corrected chi connectivity index (χ1v) is 5.43. The van der Waals surface area contributed by atoms with Gasteiger partial charge in [0.2, 0.25) is 0 Å². The quantitative estimate of drug-likeness (QED) is 0.473. The lowest BCUT2D eigenvalue weighted by atomic mass is 10.1. The summed E-state index contributed by atoms with van der Waals surface area (Å²) in [5.74, 6) is 1.44. The highest BCUT2D eigenvalue weighted by molar-refractivity contribution is 9.10. The normalized spacial score (nSPS) is 9.44. The number of hydrogen-bond donors (Lipinski definition) is 0. The standard InChI is InChI=1S/C10H12BrN3O2/c1-15-9-5-7(11)6-10(16-2)8(9)3-4-13-14-12/h5-6H,3-4H2,1-2H3. The zero-order valence-corrected chi connectivity index (χ0v) is 10.7. The largest absolute Gasteiger partial charge is 0.496 e. The van der Waals surface area contributed by atoms with Crippen molar-refractivity contribution in [2.24, 2.45) is 5.11 Å². The van der Waals surface area contributed by atoms with E-state index in [2.05, 4.69) is 26.0 Å². The van der Waals surface area contributed by atoms with Gasteiger partial charge in [-0.1, -0.05) is 21.0 Å². The summed E-state index contributed by atoms with van der Waals surface area (Å²) in [6.45, 7) is 0.380. The first-order chi connectivity index (χ1) is 7.72. The van der Waals surface area contributed by atoms with Crippen LogP contribution in [0.4, 0.5) is 0 Å². The van der Waals surface area contributed by atoms with Crippen LogP contribution in [0.5, 0.6) is 11.5 Å². The molecule has 0 aliphatic rings. The van der Waals surface area contributed by atoms with Crippen molar-refractivity contribution in [2.75, 3.05) is 20.8 Å². The zero-order valence-electron chi connectivity index (χ0n) is 9.11. The molecule has 0 radical (unpaired) electrons. The van der Waals surface area contributed by atoms with Crippen molar-refractivity contribution in [3.05, 3.63) is 32.6 Å². The van der Waals surface area contributed by atoms with E-state index in [1.54, 1.807) is 14.2 Å². The molecule has 0 unspecified atom stereocenters. The maximum atomic E-state index is 8.23. The molecular formula is C10H12BrN3O2. The maximum absolute atomic E-state index is 8.23. The van der Waals surface area contributed by atoms with Crippen molar-refractivity contribution < 1.29 is 9.47 Å². The van der Waals surface area contributed by atoms with Gasteiger partial charge in [-0.25, -0.2) is 0 Å². The minimum Gasteiger partial charge on any atom is -0.496 e. The number of halogens is 1. The molecule has 0 spiro atoms. The molecule has 0 bridgehead atoms. The van der Waals surface area contributed by atoms with Crippen molar-refractivity contribution in [1.29, 1.82) is 0 Å². The van der Waals surface area contributed by atoms with Gasteiger partial charge >= 0.3 is 0 Å². The van der Waals surface area contributed by atoms with Crippen molar-refractivity contribution in [3.63, 3.8) is 0 Å². The van der Waals surface area contributed by atoms with E-state index in [0.717, 1.165) is 21.5 Å². The van der Waals surface area contributed by atoms with Gasteiger partial charge in [0.05, 0.1) is 14.2 Å². The minimum absolute atomic E-state index is 0.380. The Kier molecular flexibility index (Phi) is 4.95. The summed E-state index contributed by atoms with van der Waals surface area (Å²) in [6, 6.07) is 3.71. The number of nitrogens with zero attached hydrogens (tertiary/aromatic N) is 3. The first kappa shape index (κ1) is 12.7. The van der Waals surface area contributed by atoms with Crippen molar-refractivity contribution in [3.8, 4) is 11.5 Å². The Hall–Kier alpha value is -1.39. The van der Waals surface area contributed by atoms with E-state index in [4.69, 9.17) is 15.0 Å². The molecule has 1 rings (SSSR count). The van der Waals surface area contributed by atoms with Gasteiger partial charge in [-0.15, -0.1) is 0 Å². The smallest absolute Gasteiger partial charge is 0.126 e. The Morgan fingerprint density at radius 1 is 1.31 bits per heavy atom. The predicted octanol–water partition coefficient (Wildman–Crippen LogP) is 3.32. The molecule has 86 valence electrons. The summed E-state index contributed by atoms with van der Waals surface area (Å²) in [5, 5.41) is 3.50. The summed E-state index contributed by atoms with van der Waals surface area (Å²) in [4.78, 5) is 2.71. The number of ether oxygens (including phenoxy) is 2. The van der Waals surface area contributed by atoms with Crippen LogP contribution in [0.3, 0.4) is 0 Å². The van der Waals surface area contributed by atoms with E-state index in [9.17, 15) is 0 Å². The van der Waals surface area contributed by atoms with Gasteiger partial charge in [-0.3, -0.25) is 0 Å². The van der Waals surface area contributed by atoms with Crippen LogP contribution >= 0.6 is 15.9 Å². The number of hydrogen-bond acceptors (Lipinski definition) is 3. The van der Waals surface area contributed by atoms with Gasteiger partial charge in [-0.05, 0) is 24.1 Å². The molecule has 0 aromatic heterocycles. The monoisotopic (exact) mass is 285 g/mol. The molecule has 5 nitrogen and oxygen atoms in total. The molecule has 0 fully saturated rings. The van der Waals surface area contributed by atoms with Crippen LogP contribution in [0.1, 0.15) is 5.56 Å². The molecule has 0 aliphatic heterocycles. The molecule has 0 amide bonds. The lowest BCUT2D eigenvalue weighted by molar-refractivity contribution is 0.385. The second-order valence-electron chi connectivity index (χ2n) is 2.99. The van der Waals surface area contributed by atoms with Gasteiger partial charge in [0.25, 0.3) is 0 Å².